The summed E-state index contributed by atoms with van der Waals surface area (Å²) in [7, 11) is 2.20. The number of piperazine rings is 1. The third-order valence-corrected chi connectivity index (χ3v) is 4.56. The summed E-state index contributed by atoms with van der Waals surface area (Å²) in [6, 6.07) is 8.50. The lowest BCUT2D eigenvalue weighted by Gasteiger charge is -2.34. The van der Waals surface area contributed by atoms with E-state index < -0.39 is 0 Å². The van der Waals surface area contributed by atoms with Crippen LogP contribution in [0.2, 0.25) is 5.02 Å². The normalized spacial score (nSPS) is 20.4. The van der Waals surface area contributed by atoms with Crippen molar-refractivity contribution in [2.75, 3.05) is 46.3 Å². The maximum atomic E-state index is 5.93. The molecular formula is C17H28ClN3. The average molecular weight is 310 g/mol. The molecule has 1 aromatic carbocycles. The van der Waals surface area contributed by atoms with Crippen molar-refractivity contribution in [3.05, 3.63) is 34.9 Å². The van der Waals surface area contributed by atoms with E-state index in [4.69, 9.17) is 11.6 Å². The van der Waals surface area contributed by atoms with Crippen LogP contribution in [0.15, 0.2) is 24.3 Å². The van der Waals surface area contributed by atoms with Crippen molar-refractivity contribution in [3.63, 3.8) is 0 Å². The van der Waals surface area contributed by atoms with E-state index in [-0.39, 0.29) is 0 Å². The van der Waals surface area contributed by atoms with Crippen LogP contribution >= 0.6 is 11.6 Å². The highest BCUT2D eigenvalue weighted by Gasteiger charge is 2.16. The Labute approximate surface area is 134 Å². The van der Waals surface area contributed by atoms with E-state index in [1.165, 1.54) is 38.3 Å². The number of likely N-dealkylation sites (N-methyl/N-ethyl adjacent to an activating group) is 1. The van der Waals surface area contributed by atoms with Crippen LogP contribution in [0.1, 0.15) is 25.5 Å². The van der Waals surface area contributed by atoms with Crippen LogP contribution in [0, 0.1) is 5.92 Å². The summed E-state index contributed by atoms with van der Waals surface area (Å²) in [5.74, 6) is 0.670. The number of rotatable bonds is 6. The van der Waals surface area contributed by atoms with Gasteiger partial charge >= 0.3 is 0 Å². The summed E-state index contributed by atoms with van der Waals surface area (Å²) in [6.07, 6.45) is 0. The summed E-state index contributed by atoms with van der Waals surface area (Å²) in [5.41, 5.74) is 1.30. The van der Waals surface area contributed by atoms with E-state index in [1.54, 1.807) is 0 Å². The minimum atomic E-state index is 0.372. The van der Waals surface area contributed by atoms with Gasteiger partial charge in [-0.15, -0.1) is 0 Å². The van der Waals surface area contributed by atoms with Crippen molar-refractivity contribution in [1.82, 2.24) is 15.1 Å². The van der Waals surface area contributed by atoms with Gasteiger partial charge in [0.2, 0.25) is 0 Å². The summed E-state index contributed by atoms with van der Waals surface area (Å²) >= 11 is 5.93. The van der Waals surface area contributed by atoms with Crippen LogP contribution in [0.4, 0.5) is 0 Å². The Morgan fingerprint density at radius 2 is 1.71 bits per heavy atom. The van der Waals surface area contributed by atoms with Crippen molar-refractivity contribution in [3.8, 4) is 0 Å². The molecule has 1 N–H and O–H groups in total. The number of hydrogen-bond acceptors (Lipinski definition) is 3. The Morgan fingerprint density at radius 1 is 1.10 bits per heavy atom. The van der Waals surface area contributed by atoms with Gasteiger partial charge in [0.25, 0.3) is 0 Å². The zero-order chi connectivity index (χ0) is 15.2. The molecule has 2 atom stereocenters. The molecular weight excluding hydrogens is 282 g/mol. The van der Waals surface area contributed by atoms with Crippen molar-refractivity contribution in [1.29, 1.82) is 0 Å². The molecule has 1 aliphatic heterocycles. The Bertz CT molecular complexity index is 413. The van der Waals surface area contributed by atoms with Crippen molar-refractivity contribution >= 4 is 11.6 Å². The van der Waals surface area contributed by atoms with Crippen molar-refractivity contribution < 1.29 is 0 Å². The summed E-state index contributed by atoms with van der Waals surface area (Å²) in [6.45, 7) is 11.6. The zero-order valence-electron chi connectivity index (χ0n) is 13.5. The number of nitrogens with one attached hydrogen (secondary N) is 1. The lowest BCUT2D eigenvalue weighted by Crippen LogP contribution is -2.46. The molecule has 0 amide bonds. The SMILES string of the molecule is C[C@@H](CN[C@@H](C)c1ccc(Cl)cc1)CN1CCN(C)CC1. The van der Waals surface area contributed by atoms with Gasteiger partial charge in [-0.2, -0.15) is 0 Å². The van der Waals surface area contributed by atoms with Crippen molar-refractivity contribution in [2.45, 2.75) is 19.9 Å². The van der Waals surface area contributed by atoms with Gasteiger partial charge in [0.15, 0.2) is 0 Å². The fraction of sp³-hybridized carbons (Fsp3) is 0.647. The fourth-order valence-corrected chi connectivity index (χ4v) is 2.91. The molecule has 1 aromatic rings. The molecule has 1 aliphatic rings. The molecule has 0 bridgehead atoms. The summed E-state index contributed by atoms with van der Waals surface area (Å²) < 4.78 is 0. The molecule has 0 spiro atoms. The Morgan fingerprint density at radius 3 is 2.33 bits per heavy atom. The maximum Gasteiger partial charge on any atom is 0.0406 e. The molecule has 0 saturated carbocycles. The van der Waals surface area contributed by atoms with Crippen LogP contribution in [0.25, 0.3) is 0 Å². The molecule has 1 fully saturated rings. The largest absolute Gasteiger partial charge is 0.310 e. The number of hydrogen-bond donors (Lipinski definition) is 1. The lowest BCUT2D eigenvalue weighted by atomic mass is 10.1. The minimum absolute atomic E-state index is 0.372. The Balaban J connectivity index is 1.70. The topological polar surface area (TPSA) is 18.5 Å². The Kier molecular flexibility index (Phi) is 6.49. The fourth-order valence-electron chi connectivity index (χ4n) is 2.78. The molecule has 2 rings (SSSR count). The molecule has 3 nitrogen and oxygen atoms in total. The lowest BCUT2D eigenvalue weighted by molar-refractivity contribution is 0.138. The summed E-state index contributed by atoms with van der Waals surface area (Å²) in [5, 5.41) is 4.44. The first-order valence-corrected chi connectivity index (χ1v) is 8.32. The van der Waals surface area contributed by atoms with Gasteiger partial charge in [0.05, 0.1) is 0 Å². The van der Waals surface area contributed by atoms with Gasteiger partial charge in [-0.25, -0.2) is 0 Å². The predicted molar refractivity (Wildman–Crippen MR) is 91.0 cm³/mol. The highest BCUT2D eigenvalue weighted by Crippen LogP contribution is 2.16. The van der Waals surface area contributed by atoms with Gasteiger partial charge in [-0.1, -0.05) is 30.7 Å². The minimum Gasteiger partial charge on any atom is -0.310 e. The van der Waals surface area contributed by atoms with E-state index in [9.17, 15) is 0 Å². The quantitative estimate of drug-likeness (QED) is 0.872. The predicted octanol–water partition coefficient (Wildman–Crippen LogP) is 2.87. The smallest absolute Gasteiger partial charge is 0.0406 e. The number of halogens is 1. The van der Waals surface area contributed by atoms with Gasteiger partial charge < -0.3 is 15.1 Å². The van der Waals surface area contributed by atoms with E-state index in [1.807, 2.05) is 12.1 Å². The standard InChI is InChI=1S/C17H28ClN3/c1-14(13-21-10-8-20(3)9-11-21)12-19-15(2)16-4-6-17(18)7-5-16/h4-7,14-15,19H,8-13H2,1-3H3/t14-,15-/m0/s1. The highest BCUT2D eigenvalue weighted by atomic mass is 35.5. The van der Waals surface area contributed by atoms with E-state index in [0.717, 1.165) is 11.6 Å². The first-order valence-electron chi connectivity index (χ1n) is 7.94. The van der Waals surface area contributed by atoms with Gasteiger partial charge in [-0.3, -0.25) is 0 Å². The zero-order valence-corrected chi connectivity index (χ0v) is 14.2. The Hall–Kier alpha value is -0.610. The van der Waals surface area contributed by atoms with Crippen LogP contribution in [0.3, 0.4) is 0 Å². The molecule has 118 valence electrons. The van der Waals surface area contributed by atoms with E-state index in [2.05, 4.69) is 48.1 Å². The highest BCUT2D eigenvalue weighted by molar-refractivity contribution is 6.30. The van der Waals surface area contributed by atoms with Crippen molar-refractivity contribution in [2.24, 2.45) is 5.92 Å². The monoisotopic (exact) mass is 309 g/mol. The second kappa shape index (κ2) is 8.14. The first-order chi connectivity index (χ1) is 10.0. The average Bonchev–Trinajstić information content (AvgIpc) is 2.48. The number of benzene rings is 1. The van der Waals surface area contributed by atoms with Crippen LogP contribution in [0.5, 0.6) is 0 Å². The molecule has 1 saturated heterocycles. The van der Waals surface area contributed by atoms with Crippen LogP contribution in [-0.4, -0.2) is 56.1 Å². The van der Waals surface area contributed by atoms with Gasteiger partial charge in [0, 0.05) is 43.8 Å². The number of nitrogens with zero attached hydrogens (tertiary/aromatic N) is 2. The molecule has 0 aliphatic carbocycles. The first kappa shape index (κ1) is 16.8. The molecule has 21 heavy (non-hydrogen) atoms. The van der Waals surface area contributed by atoms with E-state index in [0.29, 0.717) is 12.0 Å². The van der Waals surface area contributed by atoms with Crippen LogP contribution in [-0.2, 0) is 0 Å². The molecule has 0 unspecified atom stereocenters. The van der Waals surface area contributed by atoms with Crippen LogP contribution < -0.4 is 5.32 Å². The molecule has 1 heterocycles. The summed E-state index contributed by atoms with van der Waals surface area (Å²) in [4.78, 5) is 4.99. The van der Waals surface area contributed by atoms with E-state index >= 15 is 0 Å². The third-order valence-electron chi connectivity index (χ3n) is 4.31. The van der Waals surface area contributed by atoms with Gasteiger partial charge in [-0.05, 0) is 44.1 Å². The maximum absolute atomic E-state index is 5.93. The third kappa shape index (κ3) is 5.59. The molecule has 4 heteroatoms. The second-order valence-electron chi connectivity index (χ2n) is 6.39. The molecule has 0 radical (unpaired) electrons. The van der Waals surface area contributed by atoms with Gasteiger partial charge in [0.1, 0.15) is 0 Å². The second-order valence-corrected chi connectivity index (χ2v) is 6.83. The molecule has 0 aromatic heterocycles.